The predicted molar refractivity (Wildman–Crippen MR) is 30.5 cm³/mol. The molecule has 2 aromatic rings. The Morgan fingerprint density at radius 2 is 1.20 bits per heavy atom. The zero-order valence-electron chi connectivity index (χ0n) is 2.23. The van der Waals surface area contributed by atoms with Crippen LogP contribution in [0, 0.1) is 0 Å². The standard InChI is InChI=1S/Co.H2P4/c;1-3-2-4(1)3/h;1-2H. The monoisotopic (exact) mass is 185 g/mol. The van der Waals surface area contributed by atoms with Gasteiger partial charge in [-0.15, -0.1) is 0 Å². The van der Waals surface area contributed by atoms with Crippen molar-refractivity contribution < 1.29 is 16.8 Å². The zero-order chi connectivity index (χ0) is 2.57. The minimum atomic E-state index is 0. The van der Waals surface area contributed by atoms with Crippen molar-refractivity contribution in [1.29, 1.82) is 0 Å². The van der Waals surface area contributed by atoms with Gasteiger partial charge < -0.3 is 0 Å². The zero-order valence-corrected chi connectivity index (χ0v) is 7.06. The fourth-order valence-corrected chi connectivity index (χ4v) is 25.8. The van der Waals surface area contributed by atoms with Crippen molar-refractivity contribution >= 4 is 27.8 Å². The van der Waals surface area contributed by atoms with E-state index in [1.807, 2.05) is 0 Å². The van der Waals surface area contributed by atoms with E-state index in [4.69, 9.17) is 0 Å². The number of fused-ring (bicyclic) bond motifs is 1. The van der Waals surface area contributed by atoms with Crippen LogP contribution in [0.2, 0.25) is 0 Å². The SMILES string of the molecule is [Co].[pH]1p2[pH]p12. The summed E-state index contributed by atoms with van der Waals surface area (Å²) in [6.07, 6.45) is 1.83. The van der Waals surface area contributed by atoms with Crippen LogP contribution < -0.4 is 0 Å². The van der Waals surface area contributed by atoms with E-state index in [2.05, 4.69) is 0 Å². The third kappa shape index (κ3) is 0.832. The maximum Gasteiger partial charge on any atom is 0 e. The van der Waals surface area contributed by atoms with Gasteiger partial charge >= 0.3 is 0 Å². The molecule has 0 nitrogen and oxygen atoms in total. The topological polar surface area (TPSA) is 0 Å². The molecule has 0 saturated carbocycles. The normalized spacial score (nSPS) is 20.8. The molecular weight excluding hydrogens is 183 g/mol. The number of rotatable bonds is 0. The molecule has 0 aliphatic heterocycles. The number of hydrogen-bond donors (Lipinski definition) is 0. The predicted octanol–water partition coefficient (Wildman–Crippen LogP) is 2.91. The fraction of sp³-hybridized carbons (Fsp3) is 0. The molecule has 2 aromatic heterocycles. The summed E-state index contributed by atoms with van der Waals surface area (Å²) < 4.78 is 0. The van der Waals surface area contributed by atoms with Crippen LogP contribution in [0.15, 0.2) is 0 Å². The van der Waals surface area contributed by atoms with Crippen molar-refractivity contribution in [3.8, 4) is 0 Å². The van der Waals surface area contributed by atoms with Gasteiger partial charge in [-0.25, -0.2) is 0 Å². The molecule has 0 aliphatic carbocycles. The third-order valence-corrected chi connectivity index (χ3v) is 29.7. The van der Waals surface area contributed by atoms with Crippen molar-refractivity contribution in [2.24, 2.45) is 0 Å². The summed E-state index contributed by atoms with van der Waals surface area (Å²) in [5, 5.41) is 0. The van der Waals surface area contributed by atoms with E-state index in [9.17, 15) is 0 Å². The first-order valence-corrected chi connectivity index (χ1v) is 9.85. The van der Waals surface area contributed by atoms with Gasteiger partial charge in [0, 0.05) is 16.8 Å². The van der Waals surface area contributed by atoms with Crippen molar-refractivity contribution in [1.82, 2.24) is 0 Å². The van der Waals surface area contributed by atoms with Gasteiger partial charge in [-0.1, -0.05) is 15.1 Å². The van der Waals surface area contributed by atoms with E-state index in [0.29, 0.717) is 0 Å². The summed E-state index contributed by atoms with van der Waals surface area (Å²) in [4.78, 5) is 0. The fourth-order valence-electron chi connectivity index (χ4n) is 0.139. The second-order valence-corrected chi connectivity index (χ2v) is 22.2. The van der Waals surface area contributed by atoms with Gasteiger partial charge in [-0.05, 0) is 12.7 Å². The Kier molecular flexibility index (Phi) is 1.30. The maximum absolute atomic E-state index is 1.55. The third-order valence-electron chi connectivity index (χ3n) is 0.500. The van der Waals surface area contributed by atoms with E-state index in [0.717, 1.165) is 12.7 Å². The molecule has 0 bridgehead atoms. The molecule has 0 N–H and O–H groups in total. The summed E-state index contributed by atoms with van der Waals surface area (Å²) >= 11 is 0. The van der Waals surface area contributed by atoms with Crippen LogP contribution in [-0.2, 0) is 16.8 Å². The molecule has 2 heterocycles. The van der Waals surface area contributed by atoms with Crippen LogP contribution >= 0.6 is 27.8 Å². The summed E-state index contributed by atoms with van der Waals surface area (Å²) in [5.41, 5.74) is 0. The smallest absolute Gasteiger partial charge is 0 e. The summed E-state index contributed by atoms with van der Waals surface area (Å²) in [7, 11) is 3.09. The molecule has 0 fully saturated rings. The molecule has 0 saturated heterocycles. The Labute approximate surface area is 44.9 Å². The van der Waals surface area contributed by atoms with E-state index >= 15 is 0 Å². The Morgan fingerprint density at radius 3 is 1.20 bits per heavy atom. The second kappa shape index (κ2) is 1.34. The van der Waals surface area contributed by atoms with Crippen molar-refractivity contribution in [2.75, 3.05) is 0 Å². The van der Waals surface area contributed by atoms with Gasteiger partial charge in [0.25, 0.3) is 0 Å². The van der Waals surface area contributed by atoms with Gasteiger partial charge in [0.15, 0.2) is 0 Å². The van der Waals surface area contributed by atoms with Crippen LogP contribution in [0.3, 0.4) is 0 Å². The minimum absolute atomic E-state index is 0. The van der Waals surface area contributed by atoms with Gasteiger partial charge in [-0.3, -0.25) is 0 Å². The van der Waals surface area contributed by atoms with E-state index < -0.39 is 0 Å². The average molecular weight is 185 g/mol. The van der Waals surface area contributed by atoms with E-state index in [-0.39, 0.29) is 16.8 Å². The molecule has 1 radical (unpaired) electrons. The first-order valence-electron chi connectivity index (χ1n) is 1.09. The molecule has 31 valence electrons. The second-order valence-electron chi connectivity index (χ2n) is 0.824. The molecular formula is H2CoP4. The van der Waals surface area contributed by atoms with Crippen molar-refractivity contribution in [3.05, 3.63) is 0 Å². The van der Waals surface area contributed by atoms with Gasteiger partial charge in [0.1, 0.15) is 0 Å². The van der Waals surface area contributed by atoms with Gasteiger partial charge in [-0.2, -0.15) is 0 Å². The summed E-state index contributed by atoms with van der Waals surface area (Å²) in [6, 6.07) is 0. The quantitative estimate of drug-likeness (QED) is 0.591. The Balaban J connectivity index is 0.000000125. The molecule has 5 heteroatoms. The summed E-state index contributed by atoms with van der Waals surface area (Å²) in [6.45, 7) is 0. The molecule has 0 atom stereocenters. The minimum Gasteiger partial charge on any atom is -0.0734 e. The van der Waals surface area contributed by atoms with Gasteiger partial charge in [0.2, 0.25) is 0 Å². The first-order chi connectivity index (χ1) is 1.97. The Hall–Kier alpha value is 1.71. The summed E-state index contributed by atoms with van der Waals surface area (Å²) in [5.74, 6) is 0. The maximum atomic E-state index is 1.55. The van der Waals surface area contributed by atoms with Crippen molar-refractivity contribution in [3.63, 3.8) is 0 Å². The van der Waals surface area contributed by atoms with Crippen LogP contribution in [0.25, 0.3) is 0 Å². The molecule has 0 spiro atoms. The van der Waals surface area contributed by atoms with Crippen LogP contribution in [0.5, 0.6) is 0 Å². The molecule has 5 heavy (non-hydrogen) atoms. The van der Waals surface area contributed by atoms with Crippen LogP contribution in [0.4, 0.5) is 0 Å². The largest absolute Gasteiger partial charge is 0.0734 e. The molecule has 0 aliphatic rings. The van der Waals surface area contributed by atoms with E-state index in [1.165, 1.54) is 0 Å². The Bertz CT molecular complexity index is 127. The molecule has 0 aromatic carbocycles. The van der Waals surface area contributed by atoms with Gasteiger partial charge in [0.05, 0.1) is 0 Å². The molecule has 0 unspecified atom stereocenters. The van der Waals surface area contributed by atoms with Crippen molar-refractivity contribution in [2.45, 2.75) is 0 Å². The number of hydrogen-bond acceptors (Lipinski definition) is 0. The molecule has 0 amide bonds. The van der Waals surface area contributed by atoms with Crippen LogP contribution in [0.1, 0.15) is 0 Å². The first kappa shape index (κ1) is 4.86. The van der Waals surface area contributed by atoms with Crippen LogP contribution in [-0.4, -0.2) is 0 Å². The van der Waals surface area contributed by atoms with E-state index in [1.54, 1.807) is 15.1 Å². The average Bonchev–Trinajstić information content (AvgIpc) is 1.36. The molecule has 2 rings (SSSR count). The Morgan fingerprint density at radius 1 is 1.00 bits per heavy atom.